The average molecular weight is 683 g/mol. The van der Waals surface area contributed by atoms with Gasteiger partial charge in [-0.3, -0.25) is 14.4 Å². The van der Waals surface area contributed by atoms with Gasteiger partial charge in [0.15, 0.2) is 16.6 Å². The maximum absolute atomic E-state index is 13.7. The number of hydrogen-bond acceptors (Lipinski definition) is 9. The number of thioether (sulfide) groups is 1. The van der Waals surface area contributed by atoms with Gasteiger partial charge >= 0.3 is 0 Å². The van der Waals surface area contributed by atoms with Gasteiger partial charge in [0.2, 0.25) is 5.91 Å². The topological polar surface area (TPSA) is 128 Å². The Hall–Kier alpha value is -5.33. The zero-order valence-corrected chi connectivity index (χ0v) is 28.4. The summed E-state index contributed by atoms with van der Waals surface area (Å²) in [5.41, 5.74) is 2.18. The van der Waals surface area contributed by atoms with Crippen LogP contribution in [0.25, 0.3) is 16.3 Å². The van der Waals surface area contributed by atoms with Gasteiger partial charge < -0.3 is 30.2 Å². The average Bonchev–Trinajstić information content (AvgIpc) is 3.51. The lowest BCUT2D eigenvalue weighted by atomic mass is 10.1. The van der Waals surface area contributed by atoms with Crippen molar-refractivity contribution in [2.24, 2.45) is 0 Å². The number of aromatic nitrogens is 1. The number of para-hydroxylation sites is 1. The molecule has 3 amide bonds. The van der Waals surface area contributed by atoms with Gasteiger partial charge in [0.25, 0.3) is 11.8 Å². The van der Waals surface area contributed by atoms with Gasteiger partial charge in [0.05, 0.1) is 36.8 Å². The Morgan fingerprint density at radius 3 is 2.40 bits per heavy atom. The molecule has 1 aromatic heterocycles. The number of fused-ring (bicyclic) bond motifs is 1. The van der Waals surface area contributed by atoms with E-state index in [0.29, 0.717) is 39.9 Å². The molecule has 0 fully saturated rings. The highest BCUT2D eigenvalue weighted by Gasteiger charge is 2.21. The third-order valence-corrected chi connectivity index (χ3v) is 9.41. The molecule has 4 aromatic carbocycles. The smallest absolute Gasteiger partial charge is 0.272 e. The highest BCUT2D eigenvalue weighted by Crippen LogP contribution is 2.33. The van der Waals surface area contributed by atoms with Crippen molar-refractivity contribution in [2.45, 2.75) is 23.5 Å². The van der Waals surface area contributed by atoms with Gasteiger partial charge in [-0.1, -0.05) is 54.7 Å². The zero-order valence-electron chi connectivity index (χ0n) is 26.7. The van der Waals surface area contributed by atoms with E-state index in [1.54, 1.807) is 73.8 Å². The van der Waals surface area contributed by atoms with E-state index in [-0.39, 0.29) is 11.6 Å². The van der Waals surface area contributed by atoms with Crippen LogP contribution in [0.3, 0.4) is 0 Å². The summed E-state index contributed by atoms with van der Waals surface area (Å²) < 4.78 is 17.2. The molecule has 0 saturated carbocycles. The standard InChI is InChI=1S/C36H34N4O6S2/c1-5-30(35(43)40-36-39-27-18-17-25(44-2)21-31(27)48-36)47-26-15-10-14-24(20-26)37-34(42)28(38-33(41)22-11-7-6-8-12-22)19-23-13-9-16-29(45-3)32(23)46-4/h6-21,30H,5H2,1-4H3,(H,37,42)(H,38,41)(H,39,40,43)/b28-19+. The van der Waals surface area contributed by atoms with Crippen LogP contribution in [-0.2, 0) is 9.59 Å². The highest BCUT2D eigenvalue weighted by atomic mass is 32.2. The van der Waals surface area contributed by atoms with Crippen molar-refractivity contribution in [2.75, 3.05) is 32.0 Å². The Balaban J connectivity index is 1.33. The number of nitrogens with zero attached hydrogens (tertiary/aromatic N) is 1. The van der Waals surface area contributed by atoms with Crippen molar-refractivity contribution in [3.63, 3.8) is 0 Å². The van der Waals surface area contributed by atoms with Crippen LogP contribution < -0.4 is 30.2 Å². The Morgan fingerprint density at radius 1 is 0.875 bits per heavy atom. The molecule has 0 aliphatic carbocycles. The first-order valence-corrected chi connectivity index (χ1v) is 16.6. The molecule has 12 heteroatoms. The Labute approximate surface area is 286 Å². The summed E-state index contributed by atoms with van der Waals surface area (Å²) >= 11 is 2.76. The number of anilines is 2. The third-order valence-electron chi connectivity index (χ3n) is 7.12. The highest BCUT2D eigenvalue weighted by molar-refractivity contribution is 8.00. The van der Waals surface area contributed by atoms with Crippen LogP contribution in [0.1, 0.15) is 29.3 Å². The lowest BCUT2D eigenvalue weighted by molar-refractivity contribution is -0.116. The second kappa shape index (κ2) is 16.0. The van der Waals surface area contributed by atoms with Crippen molar-refractivity contribution in [3.8, 4) is 17.2 Å². The summed E-state index contributed by atoms with van der Waals surface area (Å²) in [6.45, 7) is 1.94. The van der Waals surface area contributed by atoms with Gasteiger partial charge in [-0.25, -0.2) is 4.98 Å². The molecule has 0 aliphatic heterocycles. The van der Waals surface area contributed by atoms with Crippen LogP contribution in [0, 0.1) is 0 Å². The molecule has 10 nitrogen and oxygen atoms in total. The third kappa shape index (κ3) is 8.33. The quantitative estimate of drug-likeness (QED) is 0.0876. The number of methoxy groups -OCH3 is 3. The number of benzene rings is 4. The Kier molecular flexibility index (Phi) is 11.3. The number of thiazole rings is 1. The molecule has 246 valence electrons. The molecular formula is C36H34N4O6S2. The molecule has 5 rings (SSSR count). The van der Waals surface area contributed by atoms with E-state index in [0.717, 1.165) is 20.9 Å². The van der Waals surface area contributed by atoms with Crippen molar-refractivity contribution < 1.29 is 28.6 Å². The largest absolute Gasteiger partial charge is 0.497 e. The molecule has 1 heterocycles. The normalized spacial score (nSPS) is 11.8. The van der Waals surface area contributed by atoms with E-state index in [2.05, 4.69) is 20.9 Å². The van der Waals surface area contributed by atoms with Crippen LogP contribution in [0.4, 0.5) is 10.8 Å². The maximum atomic E-state index is 13.7. The molecule has 1 unspecified atom stereocenters. The van der Waals surface area contributed by atoms with Crippen LogP contribution in [0.15, 0.2) is 102 Å². The summed E-state index contributed by atoms with van der Waals surface area (Å²) in [7, 11) is 4.63. The van der Waals surface area contributed by atoms with Crippen molar-refractivity contribution in [1.29, 1.82) is 0 Å². The Bertz CT molecular complexity index is 1960. The van der Waals surface area contributed by atoms with E-state index in [1.807, 2.05) is 31.2 Å². The molecule has 0 radical (unpaired) electrons. The summed E-state index contributed by atoms with van der Waals surface area (Å²) in [5, 5.41) is 8.66. The first-order valence-electron chi connectivity index (χ1n) is 14.9. The second-order valence-electron chi connectivity index (χ2n) is 10.3. The minimum absolute atomic E-state index is 0.00673. The number of hydrogen-bond donors (Lipinski definition) is 3. The second-order valence-corrected chi connectivity index (χ2v) is 12.6. The Morgan fingerprint density at radius 2 is 1.67 bits per heavy atom. The number of ether oxygens (including phenoxy) is 3. The van der Waals surface area contributed by atoms with Crippen LogP contribution in [-0.4, -0.2) is 49.3 Å². The van der Waals surface area contributed by atoms with Crippen molar-refractivity contribution >= 4 is 67.9 Å². The van der Waals surface area contributed by atoms with Gasteiger partial charge in [0.1, 0.15) is 11.4 Å². The van der Waals surface area contributed by atoms with E-state index >= 15 is 0 Å². The van der Waals surface area contributed by atoms with Crippen molar-refractivity contribution in [3.05, 3.63) is 108 Å². The van der Waals surface area contributed by atoms with E-state index in [9.17, 15) is 14.4 Å². The molecule has 1 atom stereocenters. The predicted octanol–water partition coefficient (Wildman–Crippen LogP) is 7.24. The number of carbonyl (C=O) groups is 3. The minimum Gasteiger partial charge on any atom is -0.497 e. The summed E-state index contributed by atoms with van der Waals surface area (Å²) in [6.07, 6.45) is 2.10. The fraction of sp³-hybridized carbons (Fsp3) is 0.167. The summed E-state index contributed by atoms with van der Waals surface area (Å²) in [4.78, 5) is 45.4. The molecule has 5 aromatic rings. The fourth-order valence-electron chi connectivity index (χ4n) is 4.73. The maximum Gasteiger partial charge on any atom is 0.272 e. The molecular weight excluding hydrogens is 649 g/mol. The monoisotopic (exact) mass is 682 g/mol. The molecule has 0 bridgehead atoms. The fourth-order valence-corrected chi connectivity index (χ4v) is 6.64. The van der Waals surface area contributed by atoms with E-state index < -0.39 is 17.1 Å². The minimum atomic E-state index is -0.552. The molecule has 3 N–H and O–H groups in total. The SMILES string of the molecule is CCC(Sc1cccc(NC(=O)/C(=C\c2cccc(OC)c2OC)NC(=O)c2ccccc2)c1)C(=O)Nc1nc2ccc(OC)cc2s1. The van der Waals surface area contributed by atoms with E-state index in [1.165, 1.54) is 43.4 Å². The number of amides is 3. The summed E-state index contributed by atoms with van der Waals surface area (Å²) in [5.74, 6) is 0.425. The summed E-state index contributed by atoms with van der Waals surface area (Å²) in [6, 6.07) is 26.6. The first kappa shape index (κ1) is 34.0. The van der Waals surface area contributed by atoms with Gasteiger partial charge in [-0.05, 0) is 67.1 Å². The van der Waals surface area contributed by atoms with Gasteiger partial charge in [-0.15, -0.1) is 11.8 Å². The zero-order chi connectivity index (χ0) is 34.0. The molecule has 48 heavy (non-hydrogen) atoms. The first-order chi connectivity index (χ1) is 23.3. The van der Waals surface area contributed by atoms with Gasteiger partial charge in [-0.2, -0.15) is 0 Å². The number of rotatable bonds is 13. The predicted molar refractivity (Wildman–Crippen MR) is 191 cm³/mol. The lowest BCUT2D eigenvalue weighted by Gasteiger charge is -2.15. The molecule has 0 spiro atoms. The van der Waals surface area contributed by atoms with Crippen LogP contribution >= 0.6 is 23.1 Å². The number of carbonyl (C=O) groups excluding carboxylic acids is 3. The molecule has 0 saturated heterocycles. The van der Waals surface area contributed by atoms with Crippen LogP contribution in [0.2, 0.25) is 0 Å². The lowest BCUT2D eigenvalue weighted by Crippen LogP contribution is -2.30. The number of nitrogens with one attached hydrogen (secondary N) is 3. The van der Waals surface area contributed by atoms with Gasteiger partial charge in [0, 0.05) is 21.7 Å². The molecule has 0 aliphatic rings. The van der Waals surface area contributed by atoms with Crippen molar-refractivity contribution in [1.82, 2.24) is 10.3 Å². The van der Waals surface area contributed by atoms with E-state index in [4.69, 9.17) is 14.2 Å². The van der Waals surface area contributed by atoms with Crippen LogP contribution in [0.5, 0.6) is 17.2 Å².